The molecule has 1 fully saturated rings. The molecular weight excluding hydrogens is 324 g/mol. The van der Waals surface area contributed by atoms with Gasteiger partial charge in [0.25, 0.3) is 0 Å². The van der Waals surface area contributed by atoms with Gasteiger partial charge in [-0.2, -0.15) is 0 Å². The van der Waals surface area contributed by atoms with Crippen molar-refractivity contribution in [3.05, 3.63) is 34.3 Å². The van der Waals surface area contributed by atoms with Gasteiger partial charge >= 0.3 is 0 Å². The third-order valence-electron chi connectivity index (χ3n) is 4.57. The highest BCUT2D eigenvalue weighted by atomic mass is 79.9. The van der Waals surface area contributed by atoms with Gasteiger partial charge < -0.3 is 5.32 Å². The van der Waals surface area contributed by atoms with Crippen molar-refractivity contribution in [2.75, 3.05) is 13.1 Å². The van der Waals surface area contributed by atoms with Gasteiger partial charge in [0.15, 0.2) is 0 Å². The summed E-state index contributed by atoms with van der Waals surface area (Å²) in [5.74, 6) is 0.675. The minimum atomic E-state index is 0.305. The largest absolute Gasteiger partial charge is 0.311 e. The molecule has 2 nitrogen and oxygen atoms in total. The maximum atomic E-state index is 3.77. The standard InChI is InChI=1S/C18H29BrN2/c1-13(2)16-10-20-17(18(3,4)5)12-21(16)11-14-6-8-15(19)9-7-14/h6-9,13,16-17,20H,10-12H2,1-5H3. The summed E-state index contributed by atoms with van der Waals surface area (Å²) < 4.78 is 1.15. The van der Waals surface area contributed by atoms with Crippen LogP contribution in [-0.2, 0) is 6.54 Å². The van der Waals surface area contributed by atoms with Crippen LogP contribution in [-0.4, -0.2) is 30.1 Å². The Bertz CT molecular complexity index is 447. The molecule has 2 unspecified atom stereocenters. The summed E-state index contributed by atoms with van der Waals surface area (Å²) in [7, 11) is 0. The average molecular weight is 353 g/mol. The van der Waals surface area contributed by atoms with Crippen molar-refractivity contribution in [1.29, 1.82) is 0 Å². The number of nitrogens with zero attached hydrogens (tertiary/aromatic N) is 1. The fourth-order valence-electron chi connectivity index (χ4n) is 3.07. The fraction of sp³-hybridized carbons (Fsp3) is 0.667. The van der Waals surface area contributed by atoms with E-state index in [1.54, 1.807) is 0 Å². The van der Waals surface area contributed by atoms with Gasteiger partial charge in [0.1, 0.15) is 0 Å². The zero-order chi connectivity index (χ0) is 15.6. The Hall–Kier alpha value is -0.380. The summed E-state index contributed by atoms with van der Waals surface area (Å²) in [5, 5.41) is 3.77. The van der Waals surface area contributed by atoms with E-state index in [0.717, 1.165) is 24.1 Å². The molecule has 1 N–H and O–H groups in total. The van der Waals surface area contributed by atoms with Crippen LogP contribution in [0.2, 0.25) is 0 Å². The molecule has 0 saturated carbocycles. The van der Waals surface area contributed by atoms with E-state index in [4.69, 9.17) is 0 Å². The predicted molar refractivity (Wildman–Crippen MR) is 94.4 cm³/mol. The SMILES string of the molecule is CC(C)C1CNC(C(C)(C)C)CN1Cc1ccc(Br)cc1. The van der Waals surface area contributed by atoms with Gasteiger partial charge in [-0.25, -0.2) is 0 Å². The minimum Gasteiger partial charge on any atom is -0.311 e. The summed E-state index contributed by atoms with van der Waals surface area (Å²) in [6, 6.07) is 9.92. The summed E-state index contributed by atoms with van der Waals surface area (Å²) in [6.45, 7) is 14.9. The Morgan fingerprint density at radius 3 is 2.38 bits per heavy atom. The van der Waals surface area contributed by atoms with Crippen LogP contribution in [0.4, 0.5) is 0 Å². The quantitative estimate of drug-likeness (QED) is 0.872. The van der Waals surface area contributed by atoms with Crippen LogP contribution >= 0.6 is 15.9 Å². The van der Waals surface area contributed by atoms with Gasteiger partial charge in [0.2, 0.25) is 0 Å². The van der Waals surface area contributed by atoms with Gasteiger partial charge in [0, 0.05) is 36.2 Å². The van der Waals surface area contributed by atoms with Gasteiger partial charge in [-0.15, -0.1) is 0 Å². The molecule has 0 amide bonds. The molecule has 1 aromatic rings. The molecule has 3 heteroatoms. The Morgan fingerprint density at radius 1 is 1.24 bits per heavy atom. The van der Waals surface area contributed by atoms with E-state index in [2.05, 4.69) is 85.0 Å². The monoisotopic (exact) mass is 352 g/mol. The van der Waals surface area contributed by atoms with Crippen molar-refractivity contribution in [2.45, 2.75) is 53.2 Å². The van der Waals surface area contributed by atoms with E-state index < -0.39 is 0 Å². The van der Waals surface area contributed by atoms with Crippen molar-refractivity contribution in [3.8, 4) is 0 Å². The number of hydrogen-bond acceptors (Lipinski definition) is 2. The molecule has 1 saturated heterocycles. The summed E-state index contributed by atoms with van der Waals surface area (Å²) in [5.41, 5.74) is 1.71. The van der Waals surface area contributed by atoms with Crippen LogP contribution < -0.4 is 5.32 Å². The number of rotatable bonds is 3. The van der Waals surface area contributed by atoms with Crippen molar-refractivity contribution in [3.63, 3.8) is 0 Å². The lowest BCUT2D eigenvalue weighted by Crippen LogP contribution is -2.61. The van der Waals surface area contributed by atoms with E-state index in [1.165, 1.54) is 5.56 Å². The Morgan fingerprint density at radius 2 is 1.86 bits per heavy atom. The molecule has 118 valence electrons. The van der Waals surface area contributed by atoms with Crippen LogP contribution in [0.1, 0.15) is 40.2 Å². The zero-order valence-corrected chi connectivity index (χ0v) is 15.6. The first-order chi connectivity index (χ1) is 9.77. The smallest absolute Gasteiger partial charge is 0.0247 e. The molecule has 1 aliphatic rings. The van der Waals surface area contributed by atoms with Gasteiger partial charge in [-0.3, -0.25) is 4.90 Å². The molecule has 0 radical (unpaired) electrons. The topological polar surface area (TPSA) is 15.3 Å². The first-order valence-electron chi connectivity index (χ1n) is 7.99. The predicted octanol–water partition coefficient (Wildman–Crippen LogP) is 4.29. The number of benzene rings is 1. The summed E-state index contributed by atoms with van der Waals surface area (Å²) in [4.78, 5) is 2.67. The third kappa shape index (κ3) is 4.54. The van der Waals surface area contributed by atoms with Gasteiger partial charge in [-0.1, -0.05) is 62.7 Å². The summed E-state index contributed by atoms with van der Waals surface area (Å²) in [6.07, 6.45) is 0. The maximum Gasteiger partial charge on any atom is 0.0247 e. The molecule has 2 atom stereocenters. The second-order valence-electron chi connectivity index (χ2n) is 7.69. The second kappa shape index (κ2) is 6.80. The van der Waals surface area contributed by atoms with Crippen LogP contribution in [0.25, 0.3) is 0 Å². The van der Waals surface area contributed by atoms with Crippen LogP contribution in [0.15, 0.2) is 28.7 Å². The number of nitrogens with one attached hydrogen (secondary N) is 1. The van der Waals surface area contributed by atoms with Crippen molar-refractivity contribution in [1.82, 2.24) is 10.2 Å². The van der Waals surface area contributed by atoms with E-state index >= 15 is 0 Å². The summed E-state index contributed by atoms with van der Waals surface area (Å²) >= 11 is 3.52. The third-order valence-corrected chi connectivity index (χ3v) is 5.10. The average Bonchev–Trinajstić information content (AvgIpc) is 2.40. The molecule has 1 aromatic carbocycles. The highest BCUT2D eigenvalue weighted by Crippen LogP contribution is 2.27. The number of hydrogen-bond donors (Lipinski definition) is 1. The van der Waals surface area contributed by atoms with Crippen LogP contribution in [0, 0.1) is 11.3 Å². The second-order valence-corrected chi connectivity index (χ2v) is 8.61. The zero-order valence-electron chi connectivity index (χ0n) is 14.0. The van der Waals surface area contributed by atoms with Crippen molar-refractivity contribution in [2.24, 2.45) is 11.3 Å². The highest BCUT2D eigenvalue weighted by Gasteiger charge is 2.35. The molecule has 1 aliphatic heterocycles. The molecule has 2 rings (SSSR count). The first-order valence-corrected chi connectivity index (χ1v) is 8.78. The van der Waals surface area contributed by atoms with Crippen molar-refractivity contribution < 1.29 is 0 Å². The van der Waals surface area contributed by atoms with E-state index in [-0.39, 0.29) is 0 Å². The molecule has 21 heavy (non-hydrogen) atoms. The molecule has 0 aromatic heterocycles. The lowest BCUT2D eigenvalue weighted by Gasteiger charge is -2.46. The lowest BCUT2D eigenvalue weighted by molar-refractivity contribution is 0.0572. The maximum absolute atomic E-state index is 3.77. The van der Waals surface area contributed by atoms with Crippen LogP contribution in [0.3, 0.4) is 0 Å². The first kappa shape index (κ1) is 17.0. The van der Waals surface area contributed by atoms with Gasteiger partial charge in [0.05, 0.1) is 0 Å². The van der Waals surface area contributed by atoms with Crippen molar-refractivity contribution >= 4 is 15.9 Å². The Labute approximate surface area is 138 Å². The van der Waals surface area contributed by atoms with E-state index in [1.807, 2.05) is 0 Å². The minimum absolute atomic E-state index is 0.305. The molecule has 1 heterocycles. The number of halogens is 1. The Kier molecular flexibility index (Phi) is 5.50. The van der Waals surface area contributed by atoms with E-state index in [0.29, 0.717) is 23.4 Å². The normalized spacial score (nSPS) is 24.5. The highest BCUT2D eigenvalue weighted by molar-refractivity contribution is 9.10. The molecule has 0 bridgehead atoms. The molecule has 0 aliphatic carbocycles. The molecular formula is C18H29BrN2. The Balaban J connectivity index is 2.12. The fourth-order valence-corrected chi connectivity index (χ4v) is 3.33. The van der Waals surface area contributed by atoms with Gasteiger partial charge in [-0.05, 0) is 29.0 Å². The molecule has 0 spiro atoms. The number of piperazine rings is 1. The van der Waals surface area contributed by atoms with E-state index in [9.17, 15) is 0 Å². The lowest BCUT2D eigenvalue weighted by atomic mass is 9.83. The van der Waals surface area contributed by atoms with Crippen LogP contribution in [0.5, 0.6) is 0 Å².